The summed E-state index contributed by atoms with van der Waals surface area (Å²) in [6, 6.07) is 8.36. The molecule has 3 nitrogen and oxygen atoms in total. The number of anilines is 1. The molecule has 2 aromatic carbocycles. The summed E-state index contributed by atoms with van der Waals surface area (Å²) in [6.07, 6.45) is 0. The second kappa shape index (κ2) is 2.55. The summed E-state index contributed by atoms with van der Waals surface area (Å²) in [6.45, 7) is 0. The van der Waals surface area contributed by atoms with Gasteiger partial charge in [0.15, 0.2) is 0 Å². The smallest absolute Gasteiger partial charge is 0.142 e. The Morgan fingerprint density at radius 3 is 2.23 bits per heavy atom. The Balaban J connectivity index is 2.97. The highest BCUT2D eigenvalue weighted by molar-refractivity contribution is 5.99. The van der Waals surface area contributed by atoms with Crippen molar-refractivity contribution in [1.29, 1.82) is 0 Å². The zero-order chi connectivity index (χ0) is 9.42. The van der Waals surface area contributed by atoms with Gasteiger partial charge in [-0.2, -0.15) is 0 Å². The van der Waals surface area contributed by atoms with Crippen molar-refractivity contribution in [3.63, 3.8) is 0 Å². The molecule has 0 saturated carbocycles. The van der Waals surface area contributed by atoms with Gasteiger partial charge in [0.2, 0.25) is 0 Å². The van der Waals surface area contributed by atoms with Crippen LogP contribution in [0.2, 0.25) is 0 Å². The number of nitrogen functional groups attached to an aromatic ring is 1. The van der Waals surface area contributed by atoms with E-state index in [4.69, 9.17) is 5.73 Å². The normalized spacial score (nSPS) is 10.5. The average molecular weight is 175 g/mol. The number of rotatable bonds is 0. The van der Waals surface area contributed by atoms with Gasteiger partial charge >= 0.3 is 0 Å². The topological polar surface area (TPSA) is 66.5 Å². The van der Waals surface area contributed by atoms with E-state index < -0.39 is 0 Å². The van der Waals surface area contributed by atoms with E-state index in [-0.39, 0.29) is 11.5 Å². The fraction of sp³-hybridized carbons (Fsp3) is 0. The van der Waals surface area contributed by atoms with Gasteiger partial charge in [-0.15, -0.1) is 0 Å². The fourth-order valence-corrected chi connectivity index (χ4v) is 1.36. The Kier molecular flexibility index (Phi) is 1.52. The summed E-state index contributed by atoms with van der Waals surface area (Å²) < 4.78 is 0. The number of hydrogen-bond donors (Lipinski definition) is 3. The van der Waals surface area contributed by atoms with Crippen LogP contribution in [0.3, 0.4) is 0 Å². The average Bonchev–Trinajstić information content (AvgIpc) is 2.15. The molecule has 0 fully saturated rings. The Morgan fingerprint density at radius 2 is 1.54 bits per heavy atom. The van der Waals surface area contributed by atoms with Gasteiger partial charge in [0.25, 0.3) is 0 Å². The van der Waals surface area contributed by atoms with Crippen molar-refractivity contribution in [3.8, 4) is 11.5 Å². The lowest BCUT2D eigenvalue weighted by atomic mass is 10.1. The van der Waals surface area contributed by atoms with E-state index >= 15 is 0 Å². The van der Waals surface area contributed by atoms with E-state index in [1.54, 1.807) is 24.3 Å². The molecule has 2 rings (SSSR count). The Labute approximate surface area is 75.0 Å². The van der Waals surface area contributed by atoms with Crippen LogP contribution in [-0.4, -0.2) is 10.2 Å². The maximum Gasteiger partial charge on any atom is 0.142 e. The first-order valence-corrected chi connectivity index (χ1v) is 3.89. The third-order valence-corrected chi connectivity index (χ3v) is 2.04. The maximum absolute atomic E-state index is 9.46. The third kappa shape index (κ3) is 1.05. The second-order valence-corrected chi connectivity index (χ2v) is 2.87. The van der Waals surface area contributed by atoms with Crippen molar-refractivity contribution in [2.45, 2.75) is 0 Å². The number of aromatic hydroxyl groups is 2. The molecule has 2 aromatic rings. The van der Waals surface area contributed by atoms with Crippen LogP contribution in [0.25, 0.3) is 10.8 Å². The van der Waals surface area contributed by atoms with Crippen molar-refractivity contribution in [2.75, 3.05) is 5.73 Å². The molecule has 66 valence electrons. The fourth-order valence-electron chi connectivity index (χ4n) is 1.36. The zero-order valence-electron chi connectivity index (χ0n) is 6.86. The second-order valence-electron chi connectivity index (χ2n) is 2.87. The summed E-state index contributed by atoms with van der Waals surface area (Å²) in [5.74, 6) is -0.0431. The minimum absolute atomic E-state index is 0.0438. The minimum Gasteiger partial charge on any atom is -0.507 e. The van der Waals surface area contributed by atoms with Crippen LogP contribution in [0, 0.1) is 0 Å². The lowest BCUT2D eigenvalue weighted by Gasteiger charge is -2.05. The predicted octanol–water partition coefficient (Wildman–Crippen LogP) is 1.83. The van der Waals surface area contributed by atoms with Crippen LogP contribution in [-0.2, 0) is 0 Å². The van der Waals surface area contributed by atoms with Crippen LogP contribution < -0.4 is 5.73 Å². The van der Waals surface area contributed by atoms with Crippen molar-refractivity contribution in [1.82, 2.24) is 0 Å². The molecular weight excluding hydrogens is 166 g/mol. The van der Waals surface area contributed by atoms with Crippen LogP contribution in [0.1, 0.15) is 0 Å². The molecule has 0 aliphatic rings. The van der Waals surface area contributed by atoms with Gasteiger partial charge in [-0.25, -0.2) is 0 Å². The number of fused-ring (bicyclic) bond motifs is 1. The van der Waals surface area contributed by atoms with Crippen molar-refractivity contribution < 1.29 is 10.2 Å². The van der Waals surface area contributed by atoms with Crippen molar-refractivity contribution in [2.24, 2.45) is 0 Å². The SMILES string of the molecule is Nc1c(O)cc(O)c2ccccc12. The van der Waals surface area contributed by atoms with Crippen LogP contribution >= 0.6 is 0 Å². The highest BCUT2D eigenvalue weighted by Crippen LogP contribution is 2.35. The number of phenolic OH excluding ortho intramolecular Hbond substituents is 2. The van der Waals surface area contributed by atoms with E-state index in [1.165, 1.54) is 6.07 Å². The molecule has 0 amide bonds. The first kappa shape index (κ1) is 7.73. The molecule has 0 unspecified atom stereocenters. The van der Waals surface area contributed by atoms with Crippen LogP contribution in [0.5, 0.6) is 11.5 Å². The molecule has 0 aliphatic heterocycles. The van der Waals surface area contributed by atoms with Gasteiger partial charge < -0.3 is 15.9 Å². The molecule has 0 aromatic heterocycles. The lowest BCUT2D eigenvalue weighted by molar-refractivity contribution is 0.457. The predicted molar refractivity (Wildman–Crippen MR) is 51.7 cm³/mol. The highest BCUT2D eigenvalue weighted by atomic mass is 16.3. The molecule has 0 atom stereocenters. The van der Waals surface area contributed by atoms with Crippen LogP contribution in [0.15, 0.2) is 30.3 Å². The summed E-state index contributed by atoms with van der Waals surface area (Å²) in [5, 5.41) is 20.1. The van der Waals surface area contributed by atoms with Crippen LogP contribution in [0.4, 0.5) is 5.69 Å². The molecule has 0 heterocycles. The highest BCUT2D eigenvalue weighted by Gasteiger charge is 2.06. The number of benzene rings is 2. The van der Waals surface area contributed by atoms with E-state index in [0.717, 1.165) is 0 Å². The van der Waals surface area contributed by atoms with E-state index in [0.29, 0.717) is 16.5 Å². The summed E-state index contributed by atoms with van der Waals surface area (Å²) in [7, 11) is 0. The lowest BCUT2D eigenvalue weighted by Crippen LogP contribution is -1.87. The zero-order valence-corrected chi connectivity index (χ0v) is 6.86. The molecule has 3 heteroatoms. The Morgan fingerprint density at radius 1 is 0.923 bits per heavy atom. The molecule has 0 spiro atoms. The molecule has 0 saturated heterocycles. The van der Waals surface area contributed by atoms with Gasteiger partial charge in [0.1, 0.15) is 11.5 Å². The molecule has 0 radical (unpaired) electrons. The molecule has 0 bridgehead atoms. The van der Waals surface area contributed by atoms with E-state index in [2.05, 4.69) is 0 Å². The maximum atomic E-state index is 9.46. The minimum atomic E-state index is -0.0869. The first-order valence-electron chi connectivity index (χ1n) is 3.89. The van der Waals surface area contributed by atoms with Crippen molar-refractivity contribution >= 4 is 16.5 Å². The number of nitrogens with two attached hydrogens (primary N) is 1. The third-order valence-electron chi connectivity index (χ3n) is 2.04. The largest absolute Gasteiger partial charge is 0.507 e. The molecule has 0 aliphatic carbocycles. The van der Waals surface area contributed by atoms with Gasteiger partial charge in [0.05, 0.1) is 5.69 Å². The number of hydrogen-bond acceptors (Lipinski definition) is 3. The monoisotopic (exact) mass is 175 g/mol. The standard InChI is InChI=1S/C10H9NO2/c11-10-7-4-2-1-3-6(7)8(12)5-9(10)13/h1-5,12-13H,11H2. The van der Waals surface area contributed by atoms with Gasteiger partial charge in [-0.1, -0.05) is 24.3 Å². The molecular formula is C10H9NO2. The summed E-state index contributed by atoms with van der Waals surface area (Å²) in [5.41, 5.74) is 5.93. The molecule has 4 N–H and O–H groups in total. The van der Waals surface area contributed by atoms with Gasteiger partial charge in [-0.3, -0.25) is 0 Å². The van der Waals surface area contributed by atoms with Gasteiger partial charge in [-0.05, 0) is 0 Å². The summed E-state index contributed by atoms with van der Waals surface area (Å²) in [4.78, 5) is 0. The van der Waals surface area contributed by atoms with E-state index in [9.17, 15) is 10.2 Å². The van der Waals surface area contributed by atoms with E-state index in [1.807, 2.05) is 0 Å². The number of phenols is 2. The van der Waals surface area contributed by atoms with Gasteiger partial charge in [0, 0.05) is 16.8 Å². The van der Waals surface area contributed by atoms with Crippen molar-refractivity contribution in [3.05, 3.63) is 30.3 Å². The quantitative estimate of drug-likeness (QED) is 0.325. The Hall–Kier alpha value is -1.90. The summed E-state index contributed by atoms with van der Waals surface area (Å²) >= 11 is 0. The first-order chi connectivity index (χ1) is 6.20. The molecule has 13 heavy (non-hydrogen) atoms. The Bertz CT molecular complexity index is 466.